The predicted molar refractivity (Wildman–Crippen MR) is 104 cm³/mol. The van der Waals surface area contributed by atoms with Gasteiger partial charge in [-0.3, -0.25) is 4.79 Å². The third kappa shape index (κ3) is 4.94. The number of ether oxygens (including phenoxy) is 1. The molecule has 0 bridgehead atoms. The summed E-state index contributed by atoms with van der Waals surface area (Å²) in [6, 6.07) is 15.0. The van der Waals surface area contributed by atoms with Crippen LogP contribution in [0.4, 0.5) is 5.69 Å². The molecule has 0 unspecified atom stereocenters. The van der Waals surface area contributed by atoms with Crippen LogP contribution in [0.1, 0.15) is 38.1 Å². The number of aryl methyl sites for hydroxylation is 1. The van der Waals surface area contributed by atoms with Gasteiger partial charge in [0.1, 0.15) is 5.75 Å². The number of carbonyl (C=O) groups is 1. The maximum atomic E-state index is 12.0. The van der Waals surface area contributed by atoms with E-state index in [1.54, 1.807) is 12.1 Å². The average molecular weight is 365 g/mol. The van der Waals surface area contributed by atoms with E-state index >= 15 is 0 Å². The molecule has 0 aliphatic heterocycles. The third-order valence-corrected chi connectivity index (χ3v) is 4.08. The van der Waals surface area contributed by atoms with Gasteiger partial charge in [0.25, 0.3) is 11.8 Å². The molecule has 27 heavy (non-hydrogen) atoms. The molecule has 6 heteroatoms. The Labute approximate surface area is 158 Å². The van der Waals surface area contributed by atoms with Crippen molar-refractivity contribution in [2.24, 2.45) is 0 Å². The van der Waals surface area contributed by atoms with Gasteiger partial charge in [-0.15, -0.1) is 0 Å². The van der Waals surface area contributed by atoms with Crippen LogP contribution in [0.5, 0.6) is 5.75 Å². The van der Waals surface area contributed by atoms with Crippen molar-refractivity contribution < 1.29 is 14.1 Å². The van der Waals surface area contributed by atoms with Crippen molar-refractivity contribution in [2.75, 3.05) is 11.9 Å². The van der Waals surface area contributed by atoms with Crippen LogP contribution in [0.2, 0.25) is 0 Å². The lowest BCUT2D eigenvalue weighted by Gasteiger charge is -2.08. The van der Waals surface area contributed by atoms with Gasteiger partial charge in [0.05, 0.1) is 0 Å². The Morgan fingerprint density at radius 1 is 1.11 bits per heavy atom. The highest BCUT2D eigenvalue weighted by molar-refractivity contribution is 5.91. The van der Waals surface area contributed by atoms with Crippen LogP contribution >= 0.6 is 0 Å². The number of carbonyl (C=O) groups excluding carboxylic acids is 1. The lowest BCUT2D eigenvalue weighted by atomic mass is 10.1. The first kappa shape index (κ1) is 18.6. The molecule has 0 spiro atoms. The number of rotatable bonds is 7. The van der Waals surface area contributed by atoms with Crippen molar-refractivity contribution >= 4 is 11.6 Å². The number of aromatic nitrogens is 2. The van der Waals surface area contributed by atoms with Gasteiger partial charge in [0.2, 0.25) is 0 Å². The Morgan fingerprint density at radius 3 is 2.41 bits per heavy atom. The molecule has 0 saturated heterocycles. The lowest BCUT2D eigenvalue weighted by molar-refractivity contribution is -0.118. The third-order valence-electron chi connectivity index (χ3n) is 4.08. The fraction of sp³-hybridized carbons (Fsp3) is 0.286. The molecule has 1 heterocycles. The van der Waals surface area contributed by atoms with Gasteiger partial charge in [-0.2, -0.15) is 4.98 Å². The largest absolute Gasteiger partial charge is 0.484 e. The van der Waals surface area contributed by atoms with E-state index in [4.69, 9.17) is 9.26 Å². The van der Waals surface area contributed by atoms with Gasteiger partial charge in [0, 0.05) is 17.2 Å². The monoisotopic (exact) mass is 365 g/mol. The molecule has 1 N–H and O–H groups in total. The van der Waals surface area contributed by atoms with Gasteiger partial charge in [0.15, 0.2) is 12.4 Å². The molecule has 3 aromatic rings. The lowest BCUT2D eigenvalue weighted by Crippen LogP contribution is -2.20. The molecule has 2 aromatic carbocycles. The minimum absolute atomic E-state index is 0.0626. The standard InChI is InChI=1S/C21H23N3O3/c1-4-15-5-9-17(10-6-15)22-19(25)13-26-18-11-7-16(8-12-18)21-23-20(14(2)3)24-27-21/h5-12,14H,4,13H2,1-3H3,(H,22,25). The number of amides is 1. The van der Waals surface area contributed by atoms with E-state index < -0.39 is 0 Å². The SMILES string of the molecule is CCc1ccc(NC(=O)COc2ccc(-c3nc(C(C)C)no3)cc2)cc1. The van der Waals surface area contributed by atoms with E-state index in [2.05, 4.69) is 22.4 Å². The quantitative estimate of drug-likeness (QED) is 0.670. The van der Waals surface area contributed by atoms with Crippen LogP contribution in [0.15, 0.2) is 53.1 Å². The maximum absolute atomic E-state index is 12.0. The highest BCUT2D eigenvalue weighted by Gasteiger charge is 2.11. The maximum Gasteiger partial charge on any atom is 0.262 e. The summed E-state index contributed by atoms with van der Waals surface area (Å²) in [6.07, 6.45) is 0.968. The molecule has 0 aliphatic rings. The number of nitrogens with zero attached hydrogens (tertiary/aromatic N) is 2. The van der Waals surface area contributed by atoms with E-state index in [0.717, 1.165) is 17.7 Å². The summed E-state index contributed by atoms with van der Waals surface area (Å²) in [4.78, 5) is 16.4. The van der Waals surface area contributed by atoms with Gasteiger partial charge in [-0.05, 0) is 48.4 Å². The molecular formula is C21H23N3O3. The summed E-state index contributed by atoms with van der Waals surface area (Å²) in [5.41, 5.74) is 2.79. The van der Waals surface area contributed by atoms with Crippen molar-refractivity contribution in [3.63, 3.8) is 0 Å². The Kier molecular flexibility index (Phi) is 5.86. The minimum atomic E-state index is -0.207. The van der Waals surface area contributed by atoms with E-state index in [1.807, 2.05) is 50.2 Å². The first-order valence-corrected chi connectivity index (χ1v) is 9.00. The van der Waals surface area contributed by atoms with Gasteiger partial charge in [-0.1, -0.05) is 38.1 Å². The van der Waals surface area contributed by atoms with Crippen LogP contribution in [0, 0.1) is 0 Å². The Morgan fingerprint density at radius 2 is 1.81 bits per heavy atom. The van der Waals surface area contributed by atoms with Crippen LogP contribution in [-0.4, -0.2) is 22.7 Å². The number of anilines is 1. The zero-order valence-corrected chi connectivity index (χ0v) is 15.7. The second-order valence-electron chi connectivity index (χ2n) is 6.52. The second-order valence-corrected chi connectivity index (χ2v) is 6.52. The summed E-state index contributed by atoms with van der Waals surface area (Å²) in [7, 11) is 0. The topological polar surface area (TPSA) is 77.2 Å². The molecular weight excluding hydrogens is 342 g/mol. The van der Waals surface area contributed by atoms with Crippen molar-refractivity contribution in [2.45, 2.75) is 33.1 Å². The van der Waals surface area contributed by atoms with E-state index in [9.17, 15) is 4.79 Å². The smallest absolute Gasteiger partial charge is 0.262 e. The summed E-state index contributed by atoms with van der Waals surface area (Å²) >= 11 is 0. The van der Waals surface area contributed by atoms with Gasteiger partial charge < -0.3 is 14.6 Å². The summed E-state index contributed by atoms with van der Waals surface area (Å²) in [6.45, 7) is 6.05. The number of benzene rings is 2. The van der Waals surface area contributed by atoms with E-state index in [0.29, 0.717) is 17.5 Å². The van der Waals surface area contributed by atoms with E-state index in [1.165, 1.54) is 5.56 Å². The van der Waals surface area contributed by atoms with E-state index in [-0.39, 0.29) is 18.4 Å². The zero-order chi connectivity index (χ0) is 19.2. The molecule has 0 fully saturated rings. The predicted octanol–water partition coefficient (Wildman–Crippen LogP) is 4.44. The highest BCUT2D eigenvalue weighted by atomic mass is 16.5. The zero-order valence-electron chi connectivity index (χ0n) is 15.7. The van der Waals surface area contributed by atoms with Gasteiger partial charge in [-0.25, -0.2) is 0 Å². The summed E-state index contributed by atoms with van der Waals surface area (Å²) < 4.78 is 10.8. The molecule has 0 radical (unpaired) electrons. The number of hydrogen-bond donors (Lipinski definition) is 1. The summed E-state index contributed by atoms with van der Waals surface area (Å²) in [5.74, 6) is 1.75. The van der Waals surface area contributed by atoms with Crippen LogP contribution in [0.25, 0.3) is 11.5 Å². The number of nitrogens with one attached hydrogen (secondary N) is 1. The molecule has 0 saturated carbocycles. The molecule has 6 nitrogen and oxygen atoms in total. The average Bonchev–Trinajstić information content (AvgIpc) is 3.18. The highest BCUT2D eigenvalue weighted by Crippen LogP contribution is 2.22. The molecule has 3 rings (SSSR count). The molecule has 1 amide bonds. The molecule has 1 aromatic heterocycles. The minimum Gasteiger partial charge on any atom is -0.484 e. The fourth-order valence-corrected chi connectivity index (χ4v) is 2.45. The van der Waals surface area contributed by atoms with Crippen molar-refractivity contribution in [3.8, 4) is 17.2 Å². The first-order chi connectivity index (χ1) is 13.0. The Balaban J connectivity index is 1.53. The molecule has 0 aliphatic carbocycles. The van der Waals surface area contributed by atoms with Gasteiger partial charge >= 0.3 is 0 Å². The van der Waals surface area contributed by atoms with Crippen LogP contribution in [-0.2, 0) is 11.2 Å². The normalized spacial score (nSPS) is 10.8. The first-order valence-electron chi connectivity index (χ1n) is 9.00. The molecule has 140 valence electrons. The summed E-state index contributed by atoms with van der Waals surface area (Å²) in [5, 5.41) is 6.77. The van der Waals surface area contributed by atoms with Crippen LogP contribution in [0.3, 0.4) is 0 Å². The second kappa shape index (κ2) is 8.49. The Hall–Kier alpha value is -3.15. The van der Waals surface area contributed by atoms with Crippen LogP contribution < -0.4 is 10.1 Å². The molecule has 0 atom stereocenters. The van der Waals surface area contributed by atoms with Crippen molar-refractivity contribution in [1.82, 2.24) is 10.1 Å². The Bertz CT molecular complexity index is 884. The van der Waals surface area contributed by atoms with Crippen molar-refractivity contribution in [3.05, 3.63) is 59.9 Å². The number of hydrogen-bond acceptors (Lipinski definition) is 5. The van der Waals surface area contributed by atoms with Crippen molar-refractivity contribution in [1.29, 1.82) is 0 Å². The fourth-order valence-electron chi connectivity index (χ4n) is 2.45.